The lowest BCUT2D eigenvalue weighted by molar-refractivity contribution is 0.644. The van der Waals surface area contributed by atoms with Crippen molar-refractivity contribution in [2.24, 2.45) is 5.73 Å². The van der Waals surface area contributed by atoms with Gasteiger partial charge >= 0.3 is 0 Å². The van der Waals surface area contributed by atoms with Crippen molar-refractivity contribution in [2.45, 2.75) is 32.4 Å². The molecule has 2 rings (SSSR count). The number of rotatable bonds is 5. The normalized spacial score (nSPS) is 12.6. The topological polar surface area (TPSA) is 43.8 Å². The predicted octanol–water partition coefficient (Wildman–Crippen LogP) is 3.52. The number of hydrogen-bond donors (Lipinski definition) is 1. The van der Waals surface area contributed by atoms with Gasteiger partial charge in [-0.3, -0.25) is 4.68 Å². The van der Waals surface area contributed by atoms with Crippen LogP contribution in [0.15, 0.2) is 30.6 Å². The number of nitrogens with zero attached hydrogens (tertiary/aromatic N) is 2. The molecule has 0 saturated carbocycles. The lowest BCUT2D eigenvalue weighted by atomic mass is 10.1. The van der Waals surface area contributed by atoms with Gasteiger partial charge in [-0.2, -0.15) is 5.10 Å². The largest absolute Gasteiger partial charge is 0.327 e. The van der Waals surface area contributed by atoms with Crippen molar-refractivity contribution in [3.05, 3.63) is 51.8 Å². The zero-order valence-corrected chi connectivity index (χ0v) is 12.3. The fraction of sp³-hybridized carbons (Fsp3) is 0.357. The van der Waals surface area contributed by atoms with Crippen LogP contribution in [0.4, 0.5) is 0 Å². The molecule has 1 heterocycles. The van der Waals surface area contributed by atoms with E-state index in [-0.39, 0.29) is 6.04 Å². The number of nitrogens with two attached hydrogens (primary N) is 1. The van der Waals surface area contributed by atoms with Crippen LogP contribution in [0.5, 0.6) is 0 Å². The van der Waals surface area contributed by atoms with E-state index in [4.69, 9.17) is 28.9 Å². The summed E-state index contributed by atoms with van der Waals surface area (Å²) in [5.74, 6) is 0. The van der Waals surface area contributed by atoms with Crippen molar-refractivity contribution >= 4 is 23.2 Å². The number of hydrogen-bond acceptors (Lipinski definition) is 2. The first kappa shape index (κ1) is 14.4. The quantitative estimate of drug-likeness (QED) is 0.918. The van der Waals surface area contributed by atoms with E-state index in [0.29, 0.717) is 16.6 Å². The summed E-state index contributed by atoms with van der Waals surface area (Å²) in [4.78, 5) is 0. The molecule has 0 fully saturated rings. The highest BCUT2D eigenvalue weighted by Crippen LogP contribution is 2.21. The molecule has 0 aliphatic rings. The first-order chi connectivity index (χ1) is 9.08. The monoisotopic (exact) mass is 297 g/mol. The Balaban J connectivity index is 2.09. The summed E-state index contributed by atoms with van der Waals surface area (Å²) in [5.41, 5.74) is 8.04. The Morgan fingerprint density at radius 1 is 1.37 bits per heavy atom. The average Bonchev–Trinajstić information content (AvgIpc) is 2.81. The van der Waals surface area contributed by atoms with E-state index in [9.17, 15) is 0 Å². The molecule has 0 amide bonds. The van der Waals surface area contributed by atoms with E-state index in [1.165, 1.54) is 0 Å². The molecule has 2 N–H and O–H groups in total. The van der Waals surface area contributed by atoms with Crippen LogP contribution in [-0.4, -0.2) is 15.8 Å². The van der Waals surface area contributed by atoms with Gasteiger partial charge in [-0.1, -0.05) is 30.1 Å². The van der Waals surface area contributed by atoms with Crippen LogP contribution in [0.2, 0.25) is 10.0 Å². The zero-order chi connectivity index (χ0) is 13.8. The molecule has 0 spiro atoms. The summed E-state index contributed by atoms with van der Waals surface area (Å²) in [6, 6.07) is 5.63. The summed E-state index contributed by atoms with van der Waals surface area (Å²) in [6.07, 6.45) is 5.67. The molecule has 2 aromatic rings. The van der Waals surface area contributed by atoms with Gasteiger partial charge in [0.15, 0.2) is 0 Å². The van der Waals surface area contributed by atoms with Crippen LogP contribution >= 0.6 is 23.2 Å². The highest BCUT2D eigenvalue weighted by Gasteiger charge is 2.06. The molecule has 1 unspecified atom stereocenters. The minimum absolute atomic E-state index is 0.187. The van der Waals surface area contributed by atoms with Crippen LogP contribution in [0.25, 0.3) is 0 Å². The van der Waals surface area contributed by atoms with Gasteiger partial charge < -0.3 is 5.73 Å². The van der Waals surface area contributed by atoms with Gasteiger partial charge in [0.2, 0.25) is 0 Å². The van der Waals surface area contributed by atoms with E-state index in [2.05, 4.69) is 12.0 Å². The van der Waals surface area contributed by atoms with Gasteiger partial charge in [0, 0.05) is 22.3 Å². The van der Waals surface area contributed by atoms with Gasteiger partial charge in [0.05, 0.1) is 12.7 Å². The molecular formula is C14H17Cl2N3. The fourth-order valence-corrected chi connectivity index (χ4v) is 2.26. The summed E-state index contributed by atoms with van der Waals surface area (Å²) < 4.78 is 1.86. The lowest BCUT2D eigenvalue weighted by Gasteiger charge is -2.06. The van der Waals surface area contributed by atoms with Crippen molar-refractivity contribution in [1.82, 2.24) is 9.78 Å². The molecule has 102 valence electrons. The molecule has 1 aromatic carbocycles. The van der Waals surface area contributed by atoms with Crippen LogP contribution in [0.3, 0.4) is 0 Å². The van der Waals surface area contributed by atoms with Crippen molar-refractivity contribution in [2.75, 3.05) is 0 Å². The Morgan fingerprint density at radius 2 is 2.16 bits per heavy atom. The fourth-order valence-electron chi connectivity index (χ4n) is 1.88. The average molecular weight is 298 g/mol. The maximum Gasteiger partial charge on any atom is 0.0674 e. The second kappa shape index (κ2) is 6.42. The highest BCUT2D eigenvalue weighted by atomic mass is 35.5. The van der Waals surface area contributed by atoms with E-state index in [0.717, 1.165) is 24.0 Å². The number of benzene rings is 1. The molecule has 1 atom stereocenters. The third kappa shape index (κ3) is 3.96. The molecule has 0 saturated heterocycles. The van der Waals surface area contributed by atoms with E-state index in [1.54, 1.807) is 12.1 Å². The van der Waals surface area contributed by atoms with E-state index >= 15 is 0 Å². The van der Waals surface area contributed by atoms with Gasteiger partial charge in [-0.25, -0.2) is 0 Å². The summed E-state index contributed by atoms with van der Waals surface area (Å²) in [6.45, 7) is 2.70. The molecule has 0 aliphatic heterocycles. The first-order valence-electron chi connectivity index (χ1n) is 6.29. The van der Waals surface area contributed by atoms with Gasteiger partial charge in [-0.05, 0) is 42.2 Å². The summed E-state index contributed by atoms with van der Waals surface area (Å²) >= 11 is 12.1. The minimum Gasteiger partial charge on any atom is -0.327 e. The first-order valence-corrected chi connectivity index (χ1v) is 7.05. The minimum atomic E-state index is 0.187. The molecule has 0 bridgehead atoms. The van der Waals surface area contributed by atoms with Gasteiger partial charge in [0.1, 0.15) is 0 Å². The highest BCUT2D eigenvalue weighted by molar-refractivity contribution is 6.33. The lowest BCUT2D eigenvalue weighted by Crippen LogP contribution is -2.21. The van der Waals surface area contributed by atoms with Crippen LogP contribution in [-0.2, 0) is 13.0 Å². The molecule has 3 nitrogen and oxygen atoms in total. The van der Waals surface area contributed by atoms with Crippen LogP contribution < -0.4 is 5.73 Å². The second-order valence-electron chi connectivity index (χ2n) is 4.65. The molecule has 19 heavy (non-hydrogen) atoms. The van der Waals surface area contributed by atoms with Crippen molar-refractivity contribution in [3.8, 4) is 0 Å². The smallest absolute Gasteiger partial charge is 0.0674 e. The summed E-state index contributed by atoms with van der Waals surface area (Å²) in [5, 5.41) is 5.71. The van der Waals surface area contributed by atoms with Gasteiger partial charge in [0.25, 0.3) is 0 Å². The zero-order valence-electron chi connectivity index (χ0n) is 10.8. The molecule has 1 aromatic heterocycles. The molecular weight excluding hydrogens is 281 g/mol. The Kier molecular flexibility index (Phi) is 4.86. The number of aromatic nitrogens is 2. The predicted molar refractivity (Wildman–Crippen MR) is 79.8 cm³/mol. The van der Waals surface area contributed by atoms with Crippen molar-refractivity contribution < 1.29 is 0 Å². The third-order valence-corrected chi connectivity index (χ3v) is 3.65. The standard InChI is InChI=1S/C14H17Cl2N3/c1-2-13(17)5-10-7-18-19(8-10)9-11-6-12(15)3-4-14(11)16/h3-4,6-8,13H,2,5,9,17H2,1H3. The Bertz CT molecular complexity index is 551. The molecule has 0 radical (unpaired) electrons. The Morgan fingerprint density at radius 3 is 2.89 bits per heavy atom. The van der Waals surface area contributed by atoms with Crippen molar-refractivity contribution in [3.63, 3.8) is 0 Å². The second-order valence-corrected chi connectivity index (χ2v) is 5.50. The van der Waals surface area contributed by atoms with E-state index in [1.807, 2.05) is 23.1 Å². The molecule has 5 heteroatoms. The Labute approximate surface area is 123 Å². The van der Waals surface area contributed by atoms with Gasteiger partial charge in [-0.15, -0.1) is 0 Å². The number of halogens is 2. The SMILES string of the molecule is CCC(N)Cc1cnn(Cc2cc(Cl)ccc2Cl)c1. The maximum absolute atomic E-state index is 6.14. The summed E-state index contributed by atoms with van der Waals surface area (Å²) in [7, 11) is 0. The maximum atomic E-state index is 6.14. The van der Waals surface area contributed by atoms with Crippen LogP contribution in [0, 0.1) is 0 Å². The van der Waals surface area contributed by atoms with E-state index < -0.39 is 0 Å². The molecule has 0 aliphatic carbocycles. The third-order valence-electron chi connectivity index (χ3n) is 3.05. The Hall–Kier alpha value is -1.03. The van der Waals surface area contributed by atoms with Crippen LogP contribution in [0.1, 0.15) is 24.5 Å². The van der Waals surface area contributed by atoms with Crippen molar-refractivity contribution in [1.29, 1.82) is 0 Å².